The van der Waals surface area contributed by atoms with Gasteiger partial charge in [-0.25, -0.2) is 14.6 Å². The van der Waals surface area contributed by atoms with Crippen molar-refractivity contribution in [3.8, 4) is 11.4 Å². The molecule has 4 aromatic rings. The molecule has 0 spiro atoms. The van der Waals surface area contributed by atoms with Crippen LogP contribution in [0.1, 0.15) is 11.5 Å². The van der Waals surface area contributed by atoms with E-state index in [9.17, 15) is 13.2 Å². The zero-order valence-corrected chi connectivity index (χ0v) is 13.9. The van der Waals surface area contributed by atoms with Crippen molar-refractivity contribution in [1.82, 2.24) is 29.9 Å². The van der Waals surface area contributed by atoms with Gasteiger partial charge in [0.1, 0.15) is 18.7 Å². The van der Waals surface area contributed by atoms with E-state index < -0.39 is 11.7 Å². The number of nitrogens with zero attached hydrogens (tertiary/aromatic N) is 6. The van der Waals surface area contributed by atoms with Crippen LogP contribution in [0.3, 0.4) is 0 Å². The first-order valence-corrected chi connectivity index (χ1v) is 7.80. The number of rotatable bonds is 4. The standard InChI is InChI=1S/C16H12F3N7O/c1-20-14-11-6-23-26(15(11)22-8-21-14)7-12-24-13(25-27-12)9-2-4-10(5-3-9)16(17,18)19/h2-6,8H,7H2,1H3,(H,20,21,22). The highest BCUT2D eigenvalue weighted by Gasteiger charge is 2.30. The fraction of sp³-hybridized carbons (Fsp3) is 0.188. The van der Waals surface area contributed by atoms with E-state index in [1.807, 2.05) is 0 Å². The van der Waals surface area contributed by atoms with E-state index in [-0.39, 0.29) is 18.3 Å². The largest absolute Gasteiger partial charge is 0.416 e. The first-order valence-electron chi connectivity index (χ1n) is 7.80. The van der Waals surface area contributed by atoms with Gasteiger partial charge in [0.05, 0.1) is 17.1 Å². The number of fused-ring (bicyclic) bond motifs is 1. The Morgan fingerprint density at radius 2 is 1.93 bits per heavy atom. The second-order valence-electron chi connectivity index (χ2n) is 5.60. The Bertz CT molecular complexity index is 1090. The molecule has 0 aliphatic rings. The molecular formula is C16H12F3N7O. The quantitative estimate of drug-likeness (QED) is 0.586. The lowest BCUT2D eigenvalue weighted by Crippen LogP contribution is -2.04. The van der Waals surface area contributed by atoms with Crippen molar-refractivity contribution >= 4 is 16.9 Å². The summed E-state index contributed by atoms with van der Waals surface area (Å²) < 4.78 is 44.7. The average Bonchev–Trinajstić information content (AvgIpc) is 3.29. The lowest BCUT2D eigenvalue weighted by molar-refractivity contribution is -0.137. The molecule has 11 heteroatoms. The first-order chi connectivity index (χ1) is 13.0. The third kappa shape index (κ3) is 3.18. The Labute approximate surface area is 150 Å². The molecule has 8 nitrogen and oxygen atoms in total. The topological polar surface area (TPSA) is 94.6 Å². The molecule has 0 saturated carbocycles. The summed E-state index contributed by atoms with van der Waals surface area (Å²) in [5.41, 5.74) is 0.268. The summed E-state index contributed by atoms with van der Waals surface area (Å²) >= 11 is 0. The lowest BCUT2D eigenvalue weighted by atomic mass is 10.1. The zero-order valence-electron chi connectivity index (χ0n) is 13.9. The molecule has 1 N–H and O–H groups in total. The van der Waals surface area contributed by atoms with E-state index in [2.05, 4.69) is 30.5 Å². The van der Waals surface area contributed by atoms with Crippen LogP contribution in [0.15, 0.2) is 41.3 Å². The van der Waals surface area contributed by atoms with Crippen LogP contribution in [0.2, 0.25) is 0 Å². The van der Waals surface area contributed by atoms with Crippen LogP contribution in [0, 0.1) is 0 Å². The molecule has 0 atom stereocenters. The average molecular weight is 375 g/mol. The SMILES string of the molecule is CNc1ncnc2c1cnn2Cc1nc(-c2ccc(C(F)(F)F)cc2)no1. The smallest absolute Gasteiger partial charge is 0.372 e. The molecular weight excluding hydrogens is 363 g/mol. The van der Waals surface area contributed by atoms with Gasteiger partial charge >= 0.3 is 6.18 Å². The van der Waals surface area contributed by atoms with Gasteiger partial charge in [-0.2, -0.15) is 23.3 Å². The fourth-order valence-corrected chi connectivity index (χ4v) is 2.58. The summed E-state index contributed by atoms with van der Waals surface area (Å²) in [5.74, 6) is 1.09. The van der Waals surface area contributed by atoms with E-state index in [1.54, 1.807) is 17.9 Å². The second-order valence-corrected chi connectivity index (χ2v) is 5.60. The maximum absolute atomic E-state index is 12.6. The van der Waals surface area contributed by atoms with Gasteiger partial charge in [0, 0.05) is 12.6 Å². The van der Waals surface area contributed by atoms with E-state index in [0.717, 1.165) is 17.5 Å². The summed E-state index contributed by atoms with van der Waals surface area (Å²) in [4.78, 5) is 12.5. The molecule has 0 saturated heterocycles. The highest BCUT2D eigenvalue weighted by atomic mass is 19.4. The fourth-order valence-electron chi connectivity index (χ4n) is 2.58. The van der Waals surface area contributed by atoms with Crippen molar-refractivity contribution in [2.24, 2.45) is 0 Å². The van der Waals surface area contributed by atoms with Crippen LogP contribution in [-0.2, 0) is 12.7 Å². The number of nitrogens with one attached hydrogen (secondary N) is 1. The molecule has 3 aromatic heterocycles. The molecule has 1 aromatic carbocycles. The molecule has 4 rings (SSSR count). The van der Waals surface area contributed by atoms with Crippen molar-refractivity contribution in [3.05, 3.63) is 48.2 Å². The number of hydrogen-bond acceptors (Lipinski definition) is 7. The molecule has 0 fully saturated rings. The minimum atomic E-state index is -4.39. The van der Waals surface area contributed by atoms with Gasteiger partial charge in [0.25, 0.3) is 0 Å². The molecule has 138 valence electrons. The van der Waals surface area contributed by atoms with Crippen LogP contribution in [0.25, 0.3) is 22.4 Å². The summed E-state index contributed by atoms with van der Waals surface area (Å²) in [6.45, 7) is 0.164. The molecule has 0 unspecified atom stereocenters. The number of benzene rings is 1. The number of hydrogen-bond donors (Lipinski definition) is 1. The maximum Gasteiger partial charge on any atom is 0.416 e. The van der Waals surface area contributed by atoms with Gasteiger partial charge in [-0.05, 0) is 12.1 Å². The van der Waals surface area contributed by atoms with Gasteiger partial charge in [-0.1, -0.05) is 17.3 Å². The number of anilines is 1. The third-order valence-corrected chi connectivity index (χ3v) is 3.89. The Balaban J connectivity index is 1.59. The molecule has 0 aliphatic carbocycles. The van der Waals surface area contributed by atoms with Crippen molar-refractivity contribution in [2.75, 3.05) is 12.4 Å². The predicted molar refractivity (Wildman–Crippen MR) is 88.7 cm³/mol. The third-order valence-electron chi connectivity index (χ3n) is 3.89. The molecule has 3 heterocycles. The van der Waals surface area contributed by atoms with Gasteiger partial charge in [-0.15, -0.1) is 0 Å². The highest BCUT2D eigenvalue weighted by molar-refractivity contribution is 5.85. The summed E-state index contributed by atoms with van der Waals surface area (Å²) in [7, 11) is 1.74. The van der Waals surface area contributed by atoms with Crippen LogP contribution in [-0.4, -0.2) is 36.9 Å². The van der Waals surface area contributed by atoms with Gasteiger partial charge in [-0.3, -0.25) is 0 Å². The Morgan fingerprint density at radius 3 is 2.63 bits per heavy atom. The molecule has 0 aliphatic heterocycles. The van der Waals surface area contributed by atoms with E-state index in [0.29, 0.717) is 17.0 Å². The molecule has 0 radical (unpaired) electrons. The van der Waals surface area contributed by atoms with E-state index in [1.165, 1.54) is 18.5 Å². The molecule has 27 heavy (non-hydrogen) atoms. The first kappa shape index (κ1) is 16.9. The molecule has 0 amide bonds. The van der Waals surface area contributed by atoms with Crippen molar-refractivity contribution in [3.63, 3.8) is 0 Å². The van der Waals surface area contributed by atoms with Gasteiger partial charge in [0.15, 0.2) is 5.65 Å². The minimum Gasteiger partial charge on any atom is -0.372 e. The lowest BCUT2D eigenvalue weighted by Gasteiger charge is -2.05. The Kier molecular flexibility index (Phi) is 3.98. The summed E-state index contributed by atoms with van der Waals surface area (Å²) in [5, 5.41) is 11.8. The van der Waals surface area contributed by atoms with E-state index in [4.69, 9.17) is 4.52 Å². The van der Waals surface area contributed by atoms with Crippen LogP contribution in [0.5, 0.6) is 0 Å². The predicted octanol–water partition coefficient (Wildman–Crippen LogP) is 2.99. The number of halogens is 3. The summed E-state index contributed by atoms with van der Waals surface area (Å²) in [6.07, 6.45) is -1.36. The number of aromatic nitrogens is 6. The van der Waals surface area contributed by atoms with Crippen molar-refractivity contribution in [2.45, 2.75) is 12.7 Å². The van der Waals surface area contributed by atoms with Crippen LogP contribution >= 0.6 is 0 Å². The van der Waals surface area contributed by atoms with Gasteiger partial charge < -0.3 is 9.84 Å². The Morgan fingerprint density at radius 1 is 1.15 bits per heavy atom. The second kappa shape index (κ2) is 6.34. The zero-order chi connectivity index (χ0) is 19.0. The van der Waals surface area contributed by atoms with Crippen molar-refractivity contribution in [1.29, 1.82) is 0 Å². The monoisotopic (exact) mass is 375 g/mol. The van der Waals surface area contributed by atoms with Crippen LogP contribution in [0.4, 0.5) is 19.0 Å². The minimum absolute atomic E-state index is 0.164. The van der Waals surface area contributed by atoms with Crippen LogP contribution < -0.4 is 5.32 Å². The van der Waals surface area contributed by atoms with Gasteiger partial charge in [0.2, 0.25) is 11.7 Å². The maximum atomic E-state index is 12.6. The van der Waals surface area contributed by atoms with Crippen molar-refractivity contribution < 1.29 is 17.7 Å². The van der Waals surface area contributed by atoms with E-state index >= 15 is 0 Å². The number of alkyl halides is 3. The molecule has 0 bridgehead atoms. The summed E-state index contributed by atoms with van der Waals surface area (Å²) in [6, 6.07) is 4.55. The normalized spacial score (nSPS) is 11.9. The Hall–Kier alpha value is -3.50. The highest BCUT2D eigenvalue weighted by Crippen LogP contribution is 2.30.